The third-order valence-electron chi connectivity index (χ3n) is 5.03. The number of esters is 2. The molecule has 0 aliphatic heterocycles. The lowest BCUT2D eigenvalue weighted by Crippen LogP contribution is -2.20. The highest BCUT2D eigenvalue weighted by molar-refractivity contribution is 8.03. The van der Waals surface area contributed by atoms with Crippen molar-refractivity contribution in [3.05, 3.63) is 81.9 Å². The van der Waals surface area contributed by atoms with E-state index in [1.165, 1.54) is 36.4 Å². The predicted molar refractivity (Wildman–Crippen MR) is 164 cm³/mol. The fraction of sp³-hybridized carbons (Fsp3) is 0.333. The number of hydrogen-bond acceptors (Lipinski definition) is 14. The predicted octanol–water partition coefficient (Wildman–Crippen LogP) is 4.09. The quantitative estimate of drug-likeness (QED) is 0.172. The first kappa shape index (κ1) is 36.2. The first-order valence-electron chi connectivity index (χ1n) is 12.9. The van der Waals surface area contributed by atoms with E-state index in [0.29, 0.717) is 0 Å². The van der Waals surface area contributed by atoms with Gasteiger partial charge < -0.3 is 9.47 Å². The number of benzene rings is 2. The van der Waals surface area contributed by atoms with Crippen molar-refractivity contribution in [3.8, 4) is 0 Å². The number of aryl methyl sites for hydroxylation is 2. The smallest absolute Gasteiger partial charge is 0.317 e. The van der Waals surface area contributed by atoms with Crippen LogP contribution in [0.5, 0.6) is 0 Å². The van der Waals surface area contributed by atoms with E-state index in [0.717, 1.165) is 34.7 Å². The molecule has 2 aromatic carbocycles. The molecule has 2 aromatic rings. The van der Waals surface area contributed by atoms with Crippen LogP contribution >= 0.6 is 23.5 Å². The van der Waals surface area contributed by atoms with E-state index in [2.05, 4.69) is 11.0 Å². The molecule has 16 heteroatoms. The van der Waals surface area contributed by atoms with Crippen molar-refractivity contribution in [3.63, 3.8) is 0 Å². The van der Waals surface area contributed by atoms with Crippen LogP contribution < -0.4 is 11.0 Å². The van der Waals surface area contributed by atoms with Crippen molar-refractivity contribution in [1.82, 2.24) is 11.0 Å². The number of rotatable bonds is 18. The second-order valence-electron chi connectivity index (χ2n) is 8.46. The summed E-state index contributed by atoms with van der Waals surface area (Å²) in [6.45, 7) is 7.28. The van der Waals surface area contributed by atoms with E-state index < -0.39 is 32.2 Å². The van der Waals surface area contributed by atoms with Crippen LogP contribution in [0.4, 0.5) is 0 Å². The van der Waals surface area contributed by atoms with Gasteiger partial charge in [-0.3, -0.25) is 9.59 Å². The monoisotopic (exact) mass is 674 g/mol. The largest absolute Gasteiger partial charge is 0.465 e. The first-order valence-corrected chi connectivity index (χ1v) is 17.6. The molecule has 0 fully saturated rings. The van der Waals surface area contributed by atoms with Gasteiger partial charge in [-0.15, -0.1) is 8.57 Å². The SMILES string of the molecule is CCOC(=O)CS/C(=C/C/C=C(\NOS(=O)(=O)c1ccc(C)cc1)SCC(=O)OCC)NOS(=O)(=O)c1ccc(C)cc1. The van der Waals surface area contributed by atoms with Gasteiger partial charge in [-0.05, 0) is 70.5 Å². The molecule has 12 nitrogen and oxygen atoms in total. The zero-order valence-corrected chi connectivity index (χ0v) is 27.3. The Labute approximate surface area is 260 Å². The highest BCUT2D eigenvalue weighted by Crippen LogP contribution is 2.21. The number of hydrogen-bond donors (Lipinski definition) is 2. The summed E-state index contributed by atoms with van der Waals surface area (Å²) in [6.07, 6.45) is 3.06. The number of hydroxylamine groups is 2. The maximum Gasteiger partial charge on any atom is 0.317 e. The van der Waals surface area contributed by atoms with Gasteiger partial charge in [0.25, 0.3) is 0 Å². The molecule has 0 saturated heterocycles. The van der Waals surface area contributed by atoms with E-state index in [1.54, 1.807) is 38.1 Å². The lowest BCUT2D eigenvalue weighted by atomic mass is 10.2. The number of nitrogens with one attached hydrogen (secondary N) is 2. The first-order chi connectivity index (χ1) is 20.4. The van der Waals surface area contributed by atoms with Gasteiger partial charge >= 0.3 is 32.2 Å². The number of carbonyl (C=O) groups is 2. The highest BCUT2D eigenvalue weighted by atomic mass is 32.2. The van der Waals surface area contributed by atoms with Crippen molar-refractivity contribution in [2.75, 3.05) is 24.7 Å². The Morgan fingerprint density at radius 3 is 1.35 bits per heavy atom. The maximum absolute atomic E-state index is 12.6. The Morgan fingerprint density at radius 2 is 1.02 bits per heavy atom. The summed E-state index contributed by atoms with van der Waals surface area (Å²) in [7, 11) is -8.38. The Bertz CT molecular complexity index is 1380. The number of ether oxygens (including phenoxy) is 2. The van der Waals surface area contributed by atoms with Crippen LogP contribution in [0.3, 0.4) is 0 Å². The molecular formula is C27H34N2O10S4. The zero-order chi connectivity index (χ0) is 31.9. The van der Waals surface area contributed by atoms with Crippen molar-refractivity contribution in [2.45, 2.75) is 43.9 Å². The minimum absolute atomic E-state index is 0.0677. The summed E-state index contributed by atoms with van der Waals surface area (Å²) in [5.74, 6) is -1.35. The third kappa shape index (κ3) is 13.4. The molecule has 0 aliphatic rings. The van der Waals surface area contributed by atoms with E-state index in [-0.39, 0.29) is 51.0 Å². The number of thioether (sulfide) groups is 2. The van der Waals surface area contributed by atoms with E-state index in [4.69, 9.17) is 18.0 Å². The minimum Gasteiger partial charge on any atom is -0.465 e. The van der Waals surface area contributed by atoms with Gasteiger partial charge in [0.1, 0.15) is 0 Å². The van der Waals surface area contributed by atoms with E-state index in [9.17, 15) is 26.4 Å². The molecule has 0 saturated carbocycles. The molecule has 2 rings (SSSR count). The van der Waals surface area contributed by atoms with Gasteiger partial charge in [0.15, 0.2) is 0 Å². The van der Waals surface area contributed by atoms with Crippen LogP contribution in [-0.4, -0.2) is 53.5 Å². The van der Waals surface area contributed by atoms with Crippen molar-refractivity contribution in [1.29, 1.82) is 0 Å². The molecule has 0 spiro atoms. The third-order valence-corrected chi connectivity index (χ3v) is 9.22. The Balaban J connectivity index is 2.22. The van der Waals surface area contributed by atoms with Crippen LogP contribution in [0.15, 0.2) is 80.5 Å². The minimum atomic E-state index is -4.19. The molecule has 0 atom stereocenters. The molecule has 2 N–H and O–H groups in total. The number of carbonyl (C=O) groups excluding carboxylic acids is 2. The van der Waals surface area contributed by atoms with Gasteiger partial charge in [0, 0.05) is 0 Å². The van der Waals surface area contributed by atoms with Crippen molar-refractivity contribution >= 4 is 55.7 Å². The Kier molecular flexibility index (Phi) is 15.1. The fourth-order valence-corrected chi connectivity index (χ4v) is 5.89. The molecule has 0 bridgehead atoms. The van der Waals surface area contributed by atoms with Crippen molar-refractivity contribution in [2.24, 2.45) is 0 Å². The van der Waals surface area contributed by atoms with Crippen LogP contribution in [0.1, 0.15) is 31.4 Å². The van der Waals surface area contributed by atoms with Crippen LogP contribution in [0.2, 0.25) is 0 Å². The van der Waals surface area contributed by atoms with Crippen LogP contribution in [-0.2, 0) is 47.9 Å². The summed E-state index contributed by atoms with van der Waals surface area (Å²) >= 11 is 1.86. The molecule has 0 unspecified atom stereocenters. The Hall–Kier alpha value is -3.02. The fourth-order valence-electron chi connectivity index (χ4n) is 2.91. The van der Waals surface area contributed by atoms with Gasteiger partial charge in [-0.25, -0.2) is 11.0 Å². The maximum atomic E-state index is 12.6. The molecule has 0 aromatic heterocycles. The molecule has 43 heavy (non-hydrogen) atoms. The molecule has 0 radical (unpaired) electrons. The van der Waals surface area contributed by atoms with Gasteiger partial charge in [0.05, 0.1) is 44.6 Å². The summed E-state index contributed by atoms with van der Waals surface area (Å²) in [6, 6.07) is 12.1. The van der Waals surface area contributed by atoms with Crippen molar-refractivity contribution < 1.29 is 44.5 Å². The van der Waals surface area contributed by atoms with Gasteiger partial charge in [-0.1, -0.05) is 58.9 Å². The summed E-state index contributed by atoms with van der Waals surface area (Å²) in [5.41, 5.74) is 6.46. The average Bonchev–Trinajstić information content (AvgIpc) is 2.96. The lowest BCUT2D eigenvalue weighted by molar-refractivity contribution is -0.140. The second-order valence-corrected chi connectivity index (χ2v) is 13.6. The molecule has 0 heterocycles. The summed E-state index contributed by atoms with van der Waals surface area (Å²) < 4.78 is 70.4. The number of allylic oxidation sites excluding steroid dienone is 2. The molecular weight excluding hydrogens is 641 g/mol. The Morgan fingerprint density at radius 1 is 0.674 bits per heavy atom. The molecule has 0 amide bonds. The average molecular weight is 675 g/mol. The summed E-state index contributed by atoms with van der Waals surface area (Å²) in [5, 5.41) is 0.311. The highest BCUT2D eigenvalue weighted by Gasteiger charge is 2.18. The van der Waals surface area contributed by atoms with Gasteiger partial charge in [-0.2, -0.15) is 16.8 Å². The van der Waals surface area contributed by atoms with E-state index in [1.807, 2.05) is 13.8 Å². The normalized spacial score (nSPS) is 12.5. The molecule has 236 valence electrons. The summed E-state index contributed by atoms with van der Waals surface area (Å²) in [4.78, 5) is 23.7. The lowest BCUT2D eigenvalue weighted by Gasteiger charge is -2.12. The van der Waals surface area contributed by atoms with Crippen LogP contribution in [0.25, 0.3) is 0 Å². The zero-order valence-electron chi connectivity index (χ0n) is 24.0. The van der Waals surface area contributed by atoms with E-state index >= 15 is 0 Å². The van der Waals surface area contributed by atoms with Crippen LogP contribution in [0, 0.1) is 13.8 Å². The molecule has 0 aliphatic carbocycles. The topological polar surface area (TPSA) is 163 Å². The standard InChI is InChI=1S/C27H34N2O10S4/c1-5-36-26(30)18-40-24(28-38-42(32,33)22-14-10-20(3)11-15-22)8-7-9-25(41-19-27(31)37-6-2)29-39-43(34,35)23-16-12-21(4)13-17-23/h8-17,28-29H,5-7,18-19H2,1-4H3/b24-8+,25-9+. The second kappa shape index (κ2) is 17.9. The van der Waals surface area contributed by atoms with Gasteiger partial charge in [0.2, 0.25) is 0 Å².